The molecule has 44 heavy (non-hydrogen) atoms. The summed E-state index contributed by atoms with van der Waals surface area (Å²) in [6.45, 7) is 4.03. The van der Waals surface area contributed by atoms with E-state index in [2.05, 4.69) is 16.0 Å². The lowest BCUT2D eigenvalue weighted by atomic mass is 9.90. The Balaban J connectivity index is 1.66. The van der Waals surface area contributed by atoms with E-state index in [0.29, 0.717) is 29.9 Å². The first-order chi connectivity index (χ1) is 20.3. The van der Waals surface area contributed by atoms with E-state index in [1.165, 1.54) is 24.3 Å². The number of imide groups is 1. The van der Waals surface area contributed by atoms with Crippen LogP contribution in [0.2, 0.25) is 0 Å². The molecular weight excluding hydrogens is 607 g/mol. The standard InChI is InChI=1S/C28H34F3N5O7S/c1-27(2,3)43-26(40)36(19-12-10-18(11-13-19)28(29,30)31)25(39)33-16-23(37)34-21-6-4-5-7-22(21)35-24(38)17-8-14-20(15-9-17)44(32,41)42/h8-15,21-22H,4-7,16H2,1-3H3,(H,33,39)(H,34,37)(H,35,38)(H2,32,41,42). The van der Waals surface area contributed by atoms with Crippen molar-refractivity contribution < 1.29 is 45.5 Å². The minimum Gasteiger partial charge on any atom is -0.443 e. The Bertz CT molecular complexity index is 1470. The molecule has 0 heterocycles. The number of carbonyl (C=O) groups is 4. The molecule has 1 saturated carbocycles. The maximum atomic E-state index is 13.0. The van der Waals surface area contributed by atoms with Gasteiger partial charge in [-0.05, 0) is 82.1 Å². The van der Waals surface area contributed by atoms with Crippen LogP contribution >= 0.6 is 0 Å². The third-order valence-electron chi connectivity index (χ3n) is 6.51. The SMILES string of the molecule is CC(C)(C)OC(=O)N(C(=O)NCC(=O)NC1CCCCC1NC(=O)c1ccc(S(N)(=O)=O)cc1)c1ccc(C(F)(F)F)cc1. The number of anilines is 1. The lowest BCUT2D eigenvalue weighted by Crippen LogP contribution is -2.55. The summed E-state index contributed by atoms with van der Waals surface area (Å²) in [7, 11) is -3.93. The summed E-state index contributed by atoms with van der Waals surface area (Å²) in [6, 6.07) is 6.24. The molecule has 2 atom stereocenters. The first kappa shape index (κ1) is 34.3. The predicted octanol–water partition coefficient (Wildman–Crippen LogP) is 3.66. The van der Waals surface area contributed by atoms with E-state index in [1.54, 1.807) is 20.8 Å². The maximum absolute atomic E-state index is 13.0. The molecule has 0 aromatic heterocycles. The number of carbonyl (C=O) groups excluding carboxylic acids is 4. The number of nitrogens with zero attached hydrogens (tertiary/aromatic N) is 1. The fraction of sp³-hybridized carbons (Fsp3) is 0.429. The summed E-state index contributed by atoms with van der Waals surface area (Å²) in [5, 5.41) is 13.0. The molecule has 0 spiro atoms. The largest absolute Gasteiger partial charge is 0.443 e. The molecule has 0 bridgehead atoms. The van der Waals surface area contributed by atoms with E-state index >= 15 is 0 Å². The molecule has 2 aromatic rings. The second-order valence-electron chi connectivity index (χ2n) is 11.1. The number of hydrogen-bond acceptors (Lipinski definition) is 7. The number of nitrogens with two attached hydrogens (primary N) is 1. The Morgan fingerprint density at radius 2 is 1.45 bits per heavy atom. The summed E-state index contributed by atoms with van der Waals surface area (Å²) < 4.78 is 67.2. The van der Waals surface area contributed by atoms with Gasteiger partial charge >= 0.3 is 18.3 Å². The molecule has 1 fully saturated rings. The van der Waals surface area contributed by atoms with E-state index in [4.69, 9.17) is 9.88 Å². The van der Waals surface area contributed by atoms with Crippen molar-refractivity contribution in [2.24, 2.45) is 5.14 Å². The van der Waals surface area contributed by atoms with Crippen LogP contribution in [0.5, 0.6) is 0 Å². The zero-order valence-electron chi connectivity index (χ0n) is 24.2. The van der Waals surface area contributed by atoms with Gasteiger partial charge in [0.25, 0.3) is 5.91 Å². The van der Waals surface area contributed by atoms with Gasteiger partial charge in [-0.1, -0.05) is 12.8 Å². The van der Waals surface area contributed by atoms with E-state index in [1.807, 2.05) is 0 Å². The molecular formula is C28H34F3N5O7S. The third kappa shape index (κ3) is 9.67. The summed E-state index contributed by atoms with van der Waals surface area (Å²) >= 11 is 0. The molecule has 2 unspecified atom stereocenters. The van der Waals surface area contributed by atoms with Crippen molar-refractivity contribution in [3.8, 4) is 0 Å². The number of alkyl halides is 3. The van der Waals surface area contributed by atoms with Gasteiger partial charge in [-0.2, -0.15) is 18.1 Å². The molecule has 1 aliphatic carbocycles. The molecule has 0 aliphatic heterocycles. The molecule has 0 saturated heterocycles. The van der Waals surface area contributed by atoms with E-state index in [-0.39, 0.29) is 16.1 Å². The first-order valence-electron chi connectivity index (χ1n) is 13.6. The van der Waals surface area contributed by atoms with Gasteiger partial charge in [0.15, 0.2) is 0 Å². The van der Waals surface area contributed by atoms with Crippen molar-refractivity contribution in [1.29, 1.82) is 0 Å². The lowest BCUT2D eigenvalue weighted by Gasteiger charge is -2.33. The fourth-order valence-electron chi connectivity index (χ4n) is 4.43. The highest BCUT2D eigenvalue weighted by atomic mass is 32.2. The van der Waals surface area contributed by atoms with Crippen LogP contribution < -0.4 is 26.0 Å². The number of sulfonamides is 1. The maximum Gasteiger partial charge on any atom is 0.423 e. The van der Waals surface area contributed by atoms with Crippen LogP contribution in [-0.2, 0) is 25.7 Å². The monoisotopic (exact) mass is 641 g/mol. The summed E-state index contributed by atoms with van der Waals surface area (Å²) in [5.74, 6) is -1.13. The molecule has 1 aliphatic rings. The van der Waals surface area contributed by atoms with Gasteiger partial charge in [-0.3, -0.25) is 9.59 Å². The highest BCUT2D eigenvalue weighted by Gasteiger charge is 2.33. The third-order valence-corrected chi connectivity index (χ3v) is 7.44. The van der Waals surface area contributed by atoms with Crippen LogP contribution in [0.1, 0.15) is 62.4 Å². The van der Waals surface area contributed by atoms with E-state index < -0.39 is 69.9 Å². The van der Waals surface area contributed by atoms with Gasteiger partial charge in [0.2, 0.25) is 15.9 Å². The number of primary sulfonamides is 1. The fourth-order valence-corrected chi connectivity index (χ4v) is 4.94. The molecule has 0 radical (unpaired) electrons. The smallest absolute Gasteiger partial charge is 0.423 e. The Morgan fingerprint density at radius 3 is 1.95 bits per heavy atom. The van der Waals surface area contributed by atoms with Crippen LogP contribution in [-0.4, -0.2) is 56.6 Å². The van der Waals surface area contributed by atoms with Gasteiger partial charge in [-0.15, -0.1) is 0 Å². The molecule has 16 heteroatoms. The van der Waals surface area contributed by atoms with Crippen LogP contribution in [0.4, 0.5) is 28.4 Å². The number of hydrogen-bond donors (Lipinski definition) is 4. The second-order valence-corrected chi connectivity index (χ2v) is 12.7. The number of rotatable bonds is 7. The number of urea groups is 1. The van der Waals surface area contributed by atoms with Crippen molar-refractivity contribution in [2.45, 2.75) is 75.2 Å². The number of halogens is 3. The molecule has 240 valence electrons. The highest BCUT2D eigenvalue weighted by molar-refractivity contribution is 7.89. The number of ether oxygens (including phenoxy) is 1. The number of amides is 5. The van der Waals surface area contributed by atoms with Gasteiger partial charge in [0.1, 0.15) is 5.60 Å². The van der Waals surface area contributed by atoms with Crippen LogP contribution in [0.25, 0.3) is 0 Å². The quantitative estimate of drug-likeness (QED) is 0.357. The average Bonchev–Trinajstić information content (AvgIpc) is 2.91. The number of nitrogens with one attached hydrogen (secondary N) is 3. The van der Waals surface area contributed by atoms with E-state index in [0.717, 1.165) is 25.0 Å². The predicted molar refractivity (Wildman–Crippen MR) is 153 cm³/mol. The Labute approximate surface area is 252 Å². The molecule has 5 N–H and O–H groups in total. The molecule has 12 nitrogen and oxygen atoms in total. The molecule has 3 rings (SSSR count). The van der Waals surface area contributed by atoms with Crippen molar-refractivity contribution >= 4 is 39.6 Å². The van der Waals surface area contributed by atoms with Crippen molar-refractivity contribution in [1.82, 2.24) is 16.0 Å². The molecule has 5 amide bonds. The number of benzene rings is 2. The Hall–Kier alpha value is -4.18. The Morgan fingerprint density at radius 1 is 0.909 bits per heavy atom. The van der Waals surface area contributed by atoms with Gasteiger partial charge in [-0.25, -0.2) is 23.1 Å². The van der Waals surface area contributed by atoms with Gasteiger partial charge < -0.3 is 20.7 Å². The Kier molecular flexibility index (Phi) is 10.6. The average molecular weight is 642 g/mol. The van der Waals surface area contributed by atoms with Crippen LogP contribution in [0.15, 0.2) is 53.4 Å². The summed E-state index contributed by atoms with van der Waals surface area (Å²) in [4.78, 5) is 51.8. The zero-order chi connectivity index (χ0) is 32.9. The zero-order valence-corrected chi connectivity index (χ0v) is 25.0. The van der Waals surface area contributed by atoms with Crippen LogP contribution in [0.3, 0.4) is 0 Å². The summed E-state index contributed by atoms with van der Waals surface area (Å²) in [6.07, 6.45) is -3.21. The first-order valence-corrected chi connectivity index (χ1v) is 15.1. The highest BCUT2D eigenvalue weighted by Crippen LogP contribution is 2.31. The minimum atomic E-state index is -4.63. The lowest BCUT2D eigenvalue weighted by molar-refractivity contribution is -0.137. The van der Waals surface area contributed by atoms with Gasteiger partial charge in [0, 0.05) is 17.6 Å². The second kappa shape index (κ2) is 13.6. The van der Waals surface area contributed by atoms with E-state index in [9.17, 15) is 40.8 Å². The van der Waals surface area contributed by atoms with Crippen LogP contribution in [0, 0.1) is 0 Å². The van der Waals surface area contributed by atoms with Crippen molar-refractivity contribution in [2.75, 3.05) is 11.4 Å². The van der Waals surface area contributed by atoms with Crippen molar-refractivity contribution in [3.63, 3.8) is 0 Å². The van der Waals surface area contributed by atoms with Crippen molar-refractivity contribution in [3.05, 3.63) is 59.7 Å². The van der Waals surface area contributed by atoms with Gasteiger partial charge in [0.05, 0.1) is 22.7 Å². The minimum absolute atomic E-state index is 0.151. The summed E-state index contributed by atoms with van der Waals surface area (Å²) in [5.41, 5.74) is -2.05. The normalized spacial score (nSPS) is 17.2. The topological polar surface area (TPSA) is 177 Å². The molecule has 2 aromatic carbocycles.